The molecule has 0 aliphatic carbocycles. The second-order valence-corrected chi connectivity index (χ2v) is 5.31. The molecule has 3 nitrogen and oxygen atoms in total. The van der Waals surface area contributed by atoms with Gasteiger partial charge in [-0.2, -0.15) is 0 Å². The summed E-state index contributed by atoms with van der Waals surface area (Å²) in [5.74, 6) is -0.0178. The van der Waals surface area contributed by atoms with E-state index in [4.69, 9.17) is 5.73 Å². The maximum atomic E-state index is 11.9. The van der Waals surface area contributed by atoms with Crippen LogP contribution in [-0.4, -0.2) is 17.9 Å². The van der Waals surface area contributed by atoms with E-state index in [1.165, 1.54) is 4.88 Å². The smallest absolute Gasteiger partial charge is 0.246 e. The average molecular weight is 272 g/mol. The third kappa shape index (κ3) is 3.96. The van der Waals surface area contributed by atoms with Crippen molar-refractivity contribution in [2.24, 2.45) is 0 Å². The first-order chi connectivity index (χ1) is 9.15. The molecule has 1 aromatic carbocycles. The number of carbonyl (C=O) groups is 1. The first-order valence-corrected chi connectivity index (χ1v) is 6.84. The van der Waals surface area contributed by atoms with Crippen LogP contribution in [0.2, 0.25) is 0 Å². The van der Waals surface area contributed by atoms with E-state index in [2.05, 4.69) is 0 Å². The number of benzene rings is 1. The van der Waals surface area contributed by atoms with Crippen LogP contribution in [-0.2, 0) is 11.3 Å². The maximum Gasteiger partial charge on any atom is 0.246 e. The van der Waals surface area contributed by atoms with Crippen LogP contribution in [0.3, 0.4) is 0 Å². The number of nitrogens with two attached hydrogens (primary N) is 1. The molecule has 0 saturated carbocycles. The zero-order chi connectivity index (χ0) is 13.7. The molecule has 0 radical (unpaired) electrons. The topological polar surface area (TPSA) is 46.3 Å². The molecule has 0 aliphatic rings. The van der Waals surface area contributed by atoms with E-state index in [0.29, 0.717) is 12.2 Å². The quantitative estimate of drug-likeness (QED) is 0.687. The Morgan fingerprint density at radius 3 is 2.89 bits per heavy atom. The van der Waals surface area contributed by atoms with Gasteiger partial charge in [-0.1, -0.05) is 18.2 Å². The monoisotopic (exact) mass is 272 g/mol. The van der Waals surface area contributed by atoms with Crippen LogP contribution in [0.25, 0.3) is 6.08 Å². The van der Waals surface area contributed by atoms with Crippen LogP contribution in [0.1, 0.15) is 10.4 Å². The van der Waals surface area contributed by atoms with Crippen molar-refractivity contribution in [2.75, 3.05) is 12.8 Å². The number of amides is 1. The molecule has 1 aromatic heterocycles. The van der Waals surface area contributed by atoms with E-state index in [1.807, 2.05) is 41.8 Å². The molecule has 2 N–H and O–H groups in total. The predicted molar refractivity (Wildman–Crippen MR) is 80.7 cm³/mol. The predicted octanol–water partition coefficient (Wildman–Crippen LogP) is 3.00. The molecule has 1 amide bonds. The van der Waals surface area contributed by atoms with Gasteiger partial charge < -0.3 is 10.6 Å². The fourth-order valence-electron chi connectivity index (χ4n) is 1.67. The summed E-state index contributed by atoms with van der Waals surface area (Å²) < 4.78 is 0. The van der Waals surface area contributed by atoms with Gasteiger partial charge in [0.15, 0.2) is 0 Å². The van der Waals surface area contributed by atoms with Gasteiger partial charge in [0.25, 0.3) is 0 Å². The number of anilines is 1. The minimum atomic E-state index is -0.0178. The molecule has 0 bridgehead atoms. The van der Waals surface area contributed by atoms with E-state index in [0.717, 1.165) is 5.56 Å². The van der Waals surface area contributed by atoms with Gasteiger partial charge in [0.1, 0.15) is 0 Å². The van der Waals surface area contributed by atoms with Crippen molar-refractivity contribution in [3.63, 3.8) is 0 Å². The molecule has 2 aromatic rings. The van der Waals surface area contributed by atoms with Crippen LogP contribution in [0.4, 0.5) is 5.69 Å². The number of hydrogen-bond donors (Lipinski definition) is 1. The highest BCUT2D eigenvalue weighted by molar-refractivity contribution is 7.09. The number of nitrogens with zero attached hydrogens (tertiary/aromatic N) is 1. The summed E-state index contributed by atoms with van der Waals surface area (Å²) >= 11 is 1.65. The number of hydrogen-bond acceptors (Lipinski definition) is 3. The van der Waals surface area contributed by atoms with Crippen molar-refractivity contribution in [3.8, 4) is 0 Å². The van der Waals surface area contributed by atoms with Crippen LogP contribution in [0.15, 0.2) is 47.9 Å². The molecule has 0 aliphatic heterocycles. The fourth-order valence-corrected chi connectivity index (χ4v) is 2.43. The zero-order valence-corrected chi connectivity index (χ0v) is 11.6. The summed E-state index contributed by atoms with van der Waals surface area (Å²) in [6.07, 6.45) is 3.35. The first kappa shape index (κ1) is 13.4. The normalized spacial score (nSPS) is 10.8. The summed E-state index contributed by atoms with van der Waals surface area (Å²) in [6, 6.07) is 11.5. The van der Waals surface area contributed by atoms with E-state index in [9.17, 15) is 4.79 Å². The third-order valence-corrected chi connectivity index (χ3v) is 3.54. The summed E-state index contributed by atoms with van der Waals surface area (Å²) in [7, 11) is 1.80. The SMILES string of the molecule is CN(Cc1cccs1)C(=O)/C=C/c1cccc(N)c1. The Bertz CT molecular complexity index is 576. The first-order valence-electron chi connectivity index (χ1n) is 5.96. The van der Waals surface area contributed by atoms with Gasteiger partial charge in [-0.15, -0.1) is 11.3 Å². The molecule has 2 rings (SSSR count). The molecule has 0 saturated heterocycles. The van der Waals surface area contributed by atoms with Crippen molar-refractivity contribution < 1.29 is 4.79 Å². The van der Waals surface area contributed by atoms with Crippen molar-refractivity contribution >= 4 is 29.0 Å². The molecule has 0 unspecified atom stereocenters. The van der Waals surface area contributed by atoms with Crippen molar-refractivity contribution in [3.05, 3.63) is 58.3 Å². The number of carbonyl (C=O) groups excluding carboxylic acids is 1. The van der Waals surface area contributed by atoms with Crippen molar-refractivity contribution in [1.29, 1.82) is 0 Å². The standard InChI is InChI=1S/C15H16N2OS/c1-17(11-14-6-3-9-19-14)15(18)8-7-12-4-2-5-13(16)10-12/h2-10H,11,16H2,1H3/b8-7+. The Balaban J connectivity index is 1.96. The van der Waals surface area contributed by atoms with E-state index >= 15 is 0 Å². The van der Waals surface area contributed by atoms with Gasteiger partial charge in [0.2, 0.25) is 5.91 Å². The number of thiophene rings is 1. The minimum Gasteiger partial charge on any atom is -0.399 e. The van der Waals surface area contributed by atoms with E-state index in [1.54, 1.807) is 35.4 Å². The van der Waals surface area contributed by atoms with Crippen LogP contribution < -0.4 is 5.73 Å². The van der Waals surface area contributed by atoms with Gasteiger partial charge in [-0.3, -0.25) is 4.79 Å². The highest BCUT2D eigenvalue weighted by Gasteiger charge is 2.05. The highest BCUT2D eigenvalue weighted by atomic mass is 32.1. The largest absolute Gasteiger partial charge is 0.399 e. The van der Waals surface area contributed by atoms with Gasteiger partial charge in [-0.25, -0.2) is 0 Å². The lowest BCUT2D eigenvalue weighted by Crippen LogP contribution is -2.23. The average Bonchev–Trinajstić information content (AvgIpc) is 2.89. The highest BCUT2D eigenvalue weighted by Crippen LogP contribution is 2.12. The lowest BCUT2D eigenvalue weighted by atomic mass is 10.2. The Morgan fingerprint density at radius 2 is 2.21 bits per heavy atom. The maximum absolute atomic E-state index is 11.9. The summed E-state index contributed by atoms with van der Waals surface area (Å²) in [5, 5.41) is 2.01. The molecule has 0 spiro atoms. The zero-order valence-electron chi connectivity index (χ0n) is 10.7. The second-order valence-electron chi connectivity index (χ2n) is 4.28. The van der Waals surface area contributed by atoms with Gasteiger partial charge in [-0.05, 0) is 35.2 Å². The van der Waals surface area contributed by atoms with Gasteiger partial charge in [0.05, 0.1) is 6.54 Å². The molecule has 98 valence electrons. The Kier molecular flexibility index (Phi) is 4.36. The molecular weight excluding hydrogens is 256 g/mol. The Hall–Kier alpha value is -2.07. The number of nitrogen functional groups attached to an aromatic ring is 1. The summed E-state index contributed by atoms with van der Waals surface area (Å²) in [5.41, 5.74) is 7.31. The lowest BCUT2D eigenvalue weighted by molar-refractivity contribution is -0.125. The minimum absolute atomic E-state index is 0.0178. The fraction of sp³-hybridized carbons (Fsp3) is 0.133. The molecule has 0 atom stereocenters. The van der Waals surface area contributed by atoms with E-state index < -0.39 is 0 Å². The van der Waals surface area contributed by atoms with Crippen molar-refractivity contribution in [1.82, 2.24) is 4.90 Å². The lowest BCUT2D eigenvalue weighted by Gasteiger charge is -2.13. The molecule has 1 heterocycles. The Labute approximate surface area is 117 Å². The summed E-state index contributed by atoms with van der Waals surface area (Å²) in [4.78, 5) is 14.8. The molecule has 19 heavy (non-hydrogen) atoms. The molecule has 4 heteroatoms. The van der Waals surface area contributed by atoms with Crippen LogP contribution >= 0.6 is 11.3 Å². The van der Waals surface area contributed by atoms with Crippen LogP contribution in [0.5, 0.6) is 0 Å². The Morgan fingerprint density at radius 1 is 1.37 bits per heavy atom. The van der Waals surface area contributed by atoms with Gasteiger partial charge >= 0.3 is 0 Å². The summed E-state index contributed by atoms with van der Waals surface area (Å²) in [6.45, 7) is 0.637. The second kappa shape index (κ2) is 6.20. The van der Waals surface area contributed by atoms with E-state index in [-0.39, 0.29) is 5.91 Å². The third-order valence-electron chi connectivity index (χ3n) is 2.68. The number of likely N-dealkylation sites (N-methyl/N-ethyl adjacent to an activating group) is 1. The van der Waals surface area contributed by atoms with Crippen molar-refractivity contribution in [2.45, 2.75) is 6.54 Å². The van der Waals surface area contributed by atoms with Crippen LogP contribution in [0, 0.1) is 0 Å². The molecular formula is C15H16N2OS. The van der Waals surface area contributed by atoms with Gasteiger partial charge in [0, 0.05) is 23.7 Å². The number of rotatable bonds is 4. The molecule has 0 fully saturated rings.